The molecule has 0 aromatic heterocycles. The number of carbonyl (C=O) groups is 2. The van der Waals surface area contributed by atoms with Crippen molar-refractivity contribution in [2.45, 2.75) is 32.5 Å². The quantitative estimate of drug-likeness (QED) is 0.761. The molecule has 2 amide bonds. The van der Waals surface area contributed by atoms with Crippen molar-refractivity contribution in [3.63, 3.8) is 0 Å². The van der Waals surface area contributed by atoms with Crippen LogP contribution < -0.4 is 0 Å². The van der Waals surface area contributed by atoms with Gasteiger partial charge >= 0.3 is 0 Å². The molecule has 2 aliphatic rings. The zero-order valence-corrected chi connectivity index (χ0v) is 16.3. The summed E-state index contributed by atoms with van der Waals surface area (Å²) < 4.78 is 0. The third-order valence-electron chi connectivity index (χ3n) is 5.43. The standard InChI is InChI=1S/C20H18Cl2N2O2/c1-20(2,24-9-11-4-5-12(21)8-14(11)19(24)26)16-7-6-13-15(17(16)22)10-23(3)18(13)25/h4-8H,9-10H2,1-3H3. The molecule has 26 heavy (non-hydrogen) atoms. The highest BCUT2D eigenvalue weighted by Gasteiger charge is 2.41. The van der Waals surface area contributed by atoms with E-state index in [9.17, 15) is 9.59 Å². The second kappa shape index (κ2) is 5.73. The van der Waals surface area contributed by atoms with Gasteiger partial charge in [-0.25, -0.2) is 0 Å². The first kappa shape index (κ1) is 17.4. The molecular formula is C20H18Cl2N2O2. The number of rotatable bonds is 2. The zero-order chi connectivity index (χ0) is 18.8. The lowest BCUT2D eigenvalue weighted by molar-refractivity contribution is 0.0568. The van der Waals surface area contributed by atoms with Gasteiger partial charge in [-0.15, -0.1) is 0 Å². The highest BCUT2D eigenvalue weighted by Crippen LogP contribution is 2.42. The molecule has 2 aromatic rings. The normalized spacial score (nSPS) is 16.3. The van der Waals surface area contributed by atoms with Crippen LogP contribution in [-0.2, 0) is 18.6 Å². The molecule has 0 N–H and O–H groups in total. The average Bonchev–Trinajstić information content (AvgIpc) is 3.07. The van der Waals surface area contributed by atoms with E-state index >= 15 is 0 Å². The van der Waals surface area contributed by atoms with Gasteiger partial charge in [-0.2, -0.15) is 0 Å². The summed E-state index contributed by atoms with van der Waals surface area (Å²) in [6, 6.07) is 9.08. The van der Waals surface area contributed by atoms with Gasteiger partial charge in [-0.05, 0) is 43.2 Å². The monoisotopic (exact) mass is 388 g/mol. The Morgan fingerprint density at radius 3 is 2.42 bits per heavy atom. The maximum absolute atomic E-state index is 13.0. The van der Waals surface area contributed by atoms with Crippen molar-refractivity contribution >= 4 is 35.0 Å². The number of carbonyl (C=O) groups excluding carboxylic acids is 2. The third-order valence-corrected chi connectivity index (χ3v) is 6.09. The Kier molecular flexibility index (Phi) is 3.83. The van der Waals surface area contributed by atoms with Crippen LogP contribution >= 0.6 is 23.2 Å². The van der Waals surface area contributed by atoms with Crippen LogP contribution in [0.25, 0.3) is 0 Å². The number of halogens is 2. The van der Waals surface area contributed by atoms with Crippen LogP contribution in [0.1, 0.15) is 51.3 Å². The number of fused-ring (bicyclic) bond motifs is 2. The van der Waals surface area contributed by atoms with E-state index in [1.165, 1.54) is 0 Å². The van der Waals surface area contributed by atoms with Crippen LogP contribution in [0, 0.1) is 0 Å². The van der Waals surface area contributed by atoms with E-state index in [2.05, 4.69) is 0 Å². The molecule has 4 nitrogen and oxygen atoms in total. The van der Waals surface area contributed by atoms with Gasteiger partial charge in [0.1, 0.15) is 0 Å². The first-order valence-electron chi connectivity index (χ1n) is 8.39. The Labute approximate surface area is 162 Å². The summed E-state index contributed by atoms with van der Waals surface area (Å²) in [6.45, 7) is 4.95. The minimum atomic E-state index is -0.626. The number of amides is 2. The van der Waals surface area contributed by atoms with E-state index in [0.717, 1.165) is 16.7 Å². The molecule has 4 rings (SSSR count). The maximum Gasteiger partial charge on any atom is 0.255 e. The molecule has 0 radical (unpaired) electrons. The average molecular weight is 389 g/mol. The van der Waals surface area contributed by atoms with Crippen LogP contribution in [0.15, 0.2) is 30.3 Å². The lowest BCUT2D eigenvalue weighted by Gasteiger charge is -2.37. The molecule has 0 fully saturated rings. The van der Waals surface area contributed by atoms with Gasteiger partial charge in [0.2, 0.25) is 0 Å². The molecule has 0 atom stereocenters. The summed E-state index contributed by atoms with van der Waals surface area (Å²) >= 11 is 12.7. The molecule has 2 heterocycles. The van der Waals surface area contributed by atoms with E-state index in [0.29, 0.717) is 34.3 Å². The fourth-order valence-corrected chi connectivity index (χ4v) is 4.46. The Hall–Kier alpha value is -2.04. The molecule has 0 saturated carbocycles. The zero-order valence-electron chi connectivity index (χ0n) is 14.8. The maximum atomic E-state index is 13.0. The molecule has 0 saturated heterocycles. The first-order chi connectivity index (χ1) is 12.2. The molecular weight excluding hydrogens is 371 g/mol. The number of hydrogen-bond acceptors (Lipinski definition) is 2. The Bertz CT molecular complexity index is 969. The van der Waals surface area contributed by atoms with E-state index in [-0.39, 0.29) is 11.8 Å². The predicted molar refractivity (Wildman–Crippen MR) is 102 cm³/mol. The van der Waals surface area contributed by atoms with Crippen molar-refractivity contribution in [1.82, 2.24) is 9.80 Å². The van der Waals surface area contributed by atoms with Crippen LogP contribution in [0.4, 0.5) is 0 Å². The van der Waals surface area contributed by atoms with Gasteiger partial charge in [0.15, 0.2) is 0 Å². The highest BCUT2D eigenvalue weighted by molar-refractivity contribution is 6.33. The fourth-order valence-electron chi connectivity index (χ4n) is 3.83. The summed E-state index contributed by atoms with van der Waals surface area (Å²) in [5, 5.41) is 1.11. The lowest BCUT2D eigenvalue weighted by atomic mass is 9.89. The second-order valence-corrected chi connectivity index (χ2v) is 8.18. The summed E-state index contributed by atoms with van der Waals surface area (Å²) in [7, 11) is 1.76. The van der Waals surface area contributed by atoms with Crippen molar-refractivity contribution in [2.24, 2.45) is 0 Å². The minimum absolute atomic E-state index is 0.0226. The molecule has 0 bridgehead atoms. The predicted octanol–water partition coefficient (Wildman–Crippen LogP) is 4.47. The van der Waals surface area contributed by atoms with E-state index in [1.807, 2.05) is 36.9 Å². The number of hydrogen-bond donors (Lipinski definition) is 0. The molecule has 134 valence electrons. The summed E-state index contributed by atoms with van der Waals surface area (Å²) in [5.74, 6) is -0.0807. The van der Waals surface area contributed by atoms with Crippen LogP contribution in [0.2, 0.25) is 10.0 Å². The van der Waals surface area contributed by atoms with Gasteiger partial charge in [-0.3, -0.25) is 9.59 Å². The summed E-state index contributed by atoms with van der Waals surface area (Å²) in [4.78, 5) is 28.6. The second-order valence-electron chi connectivity index (χ2n) is 7.37. The third kappa shape index (κ3) is 2.36. The minimum Gasteiger partial charge on any atom is -0.337 e. The van der Waals surface area contributed by atoms with Gasteiger partial charge in [0.25, 0.3) is 11.8 Å². The van der Waals surface area contributed by atoms with Gasteiger partial charge in [0.05, 0.1) is 10.6 Å². The number of benzene rings is 2. The molecule has 0 aliphatic carbocycles. The largest absolute Gasteiger partial charge is 0.337 e. The van der Waals surface area contributed by atoms with Gasteiger partial charge in [-0.1, -0.05) is 35.3 Å². The molecule has 2 aromatic carbocycles. The number of nitrogens with zero attached hydrogens (tertiary/aromatic N) is 2. The SMILES string of the molecule is CN1Cc2c(ccc(C(C)(C)N3Cc4ccc(Cl)cc4C3=O)c2Cl)C1=O. The molecule has 0 unspecified atom stereocenters. The van der Waals surface area contributed by atoms with Crippen molar-refractivity contribution in [1.29, 1.82) is 0 Å². The van der Waals surface area contributed by atoms with Crippen molar-refractivity contribution in [3.8, 4) is 0 Å². The Morgan fingerprint density at radius 2 is 1.69 bits per heavy atom. The lowest BCUT2D eigenvalue weighted by Crippen LogP contribution is -2.42. The molecule has 2 aliphatic heterocycles. The Morgan fingerprint density at radius 1 is 0.962 bits per heavy atom. The van der Waals surface area contributed by atoms with Crippen LogP contribution in [0.5, 0.6) is 0 Å². The van der Waals surface area contributed by atoms with E-state index in [4.69, 9.17) is 23.2 Å². The molecule has 0 spiro atoms. The van der Waals surface area contributed by atoms with Crippen molar-refractivity contribution in [2.75, 3.05) is 7.05 Å². The highest BCUT2D eigenvalue weighted by atomic mass is 35.5. The van der Waals surface area contributed by atoms with E-state index in [1.54, 1.807) is 24.1 Å². The smallest absolute Gasteiger partial charge is 0.255 e. The summed E-state index contributed by atoms with van der Waals surface area (Å²) in [6.07, 6.45) is 0. The molecule has 6 heteroatoms. The Balaban J connectivity index is 1.76. The van der Waals surface area contributed by atoms with Gasteiger partial charge in [0, 0.05) is 41.9 Å². The van der Waals surface area contributed by atoms with Crippen molar-refractivity contribution in [3.05, 3.63) is 68.2 Å². The van der Waals surface area contributed by atoms with Crippen LogP contribution in [0.3, 0.4) is 0 Å². The van der Waals surface area contributed by atoms with E-state index < -0.39 is 5.54 Å². The van der Waals surface area contributed by atoms with Crippen molar-refractivity contribution < 1.29 is 9.59 Å². The topological polar surface area (TPSA) is 40.6 Å². The van der Waals surface area contributed by atoms with Gasteiger partial charge < -0.3 is 9.80 Å². The summed E-state index contributed by atoms with van der Waals surface area (Å²) in [5.41, 5.74) is 3.28. The fraction of sp³-hybridized carbons (Fsp3) is 0.300. The first-order valence-corrected chi connectivity index (χ1v) is 9.15. The van der Waals surface area contributed by atoms with Crippen LogP contribution in [-0.4, -0.2) is 28.7 Å².